The Hall–Kier alpha value is -0.160. The maximum Gasteiger partial charge on any atom is 0.0472 e. The van der Waals surface area contributed by atoms with Crippen molar-refractivity contribution in [2.24, 2.45) is 5.41 Å². The summed E-state index contributed by atoms with van der Waals surface area (Å²) in [6, 6.07) is 0.760. The van der Waals surface area contributed by atoms with Crippen LogP contribution in [0.1, 0.15) is 39.0 Å². The Kier molecular flexibility index (Phi) is 6.93. The largest absolute Gasteiger partial charge is 0.381 e. The number of ether oxygens (including phenoxy) is 1. The Morgan fingerprint density at radius 3 is 2.71 bits per heavy atom. The number of likely N-dealkylation sites (tertiary alicyclic amines) is 1. The molecule has 2 aliphatic rings. The lowest BCUT2D eigenvalue weighted by molar-refractivity contribution is -0.00275. The van der Waals surface area contributed by atoms with Crippen molar-refractivity contribution < 1.29 is 4.74 Å². The molecule has 21 heavy (non-hydrogen) atoms. The summed E-state index contributed by atoms with van der Waals surface area (Å²) in [5, 5.41) is 3.66. The van der Waals surface area contributed by atoms with E-state index in [0.717, 1.165) is 32.3 Å². The van der Waals surface area contributed by atoms with E-state index in [9.17, 15) is 0 Å². The third-order valence-electron chi connectivity index (χ3n) is 5.28. The summed E-state index contributed by atoms with van der Waals surface area (Å²) in [6.07, 6.45) is 6.36. The highest BCUT2D eigenvalue weighted by Gasteiger charge is 2.34. The third-order valence-corrected chi connectivity index (χ3v) is 5.28. The van der Waals surface area contributed by atoms with Crippen molar-refractivity contribution in [2.75, 3.05) is 60.0 Å². The average Bonchev–Trinajstić information content (AvgIpc) is 2.85. The standard InChI is InChI=1S/C17H35N3O/c1-4-9-18-14-17(7-11-21-12-8-17)15-19(2)13-16-6-5-10-20(16)3/h16,18H,4-15H2,1-3H3. The highest BCUT2D eigenvalue weighted by Crippen LogP contribution is 2.31. The molecule has 0 amide bonds. The topological polar surface area (TPSA) is 27.7 Å². The SMILES string of the molecule is CCCNCC1(CN(C)CC2CCCN2C)CCOCC1. The zero-order valence-corrected chi connectivity index (χ0v) is 14.4. The van der Waals surface area contributed by atoms with Gasteiger partial charge in [0.2, 0.25) is 0 Å². The summed E-state index contributed by atoms with van der Waals surface area (Å²) in [6.45, 7) is 10.1. The van der Waals surface area contributed by atoms with Crippen molar-refractivity contribution in [1.29, 1.82) is 0 Å². The van der Waals surface area contributed by atoms with Gasteiger partial charge < -0.3 is 19.9 Å². The average molecular weight is 297 g/mol. The van der Waals surface area contributed by atoms with Gasteiger partial charge in [-0.25, -0.2) is 0 Å². The van der Waals surface area contributed by atoms with Crippen LogP contribution in [0, 0.1) is 5.41 Å². The van der Waals surface area contributed by atoms with E-state index in [1.54, 1.807) is 0 Å². The second-order valence-electron chi connectivity index (χ2n) is 7.26. The molecule has 2 aliphatic heterocycles. The van der Waals surface area contributed by atoms with Gasteiger partial charge in [-0.05, 0) is 64.7 Å². The lowest BCUT2D eigenvalue weighted by atomic mass is 9.79. The van der Waals surface area contributed by atoms with Gasteiger partial charge in [-0.1, -0.05) is 6.92 Å². The fourth-order valence-electron chi connectivity index (χ4n) is 3.93. The van der Waals surface area contributed by atoms with E-state index in [1.165, 1.54) is 51.7 Å². The normalized spacial score (nSPS) is 26.6. The minimum Gasteiger partial charge on any atom is -0.381 e. The lowest BCUT2D eigenvalue weighted by Crippen LogP contribution is -2.48. The minimum atomic E-state index is 0.416. The van der Waals surface area contributed by atoms with Crippen molar-refractivity contribution in [1.82, 2.24) is 15.1 Å². The summed E-state index contributed by atoms with van der Waals surface area (Å²) in [5.74, 6) is 0. The Bertz CT molecular complexity index is 292. The molecule has 0 aromatic rings. The summed E-state index contributed by atoms with van der Waals surface area (Å²) >= 11 is 0. The molecule has 2 heterocycles. The molecule has 0 aromatic carbocycles. The van der Waals surface area contributed by atoms with Crippen LogP contribution in [-0.4, -0.2) is 75.9 Å². The Balaban J connectivity index is 1.84. The van der Waals surface area contributed by atoms with Crippen LogP contribution in [0.2, 0.25) is 0 Å². The Labute approximate surface area is 131 Å². The van der Waals surface area contributed by atoms with Gasteiger partial charge in [0.15, 0.2) is 0 Å². The zero-order chi connectivity index (χ0) is 15.1. The molecular weight excluding hydrogens is 262 g/mol. The van der Waals surface area contributed by atoms with E-state index in [0.29, 0.717) is 5.41 Å². The van der Waals surface area contributed by atoms with Crippen LogP contribution in [-0.2, 0) is 4.74 Å². The molecule has 0 radical (unpaired) electrons. The number of nitrogens with one attached hydrogen (secondary N) is 1. The van der Waals surface area contributed by atoms with Gasteiger partial charge in [0.05, 0.1) is 0 Å². The molecule has 0 saturated carbocycles. The first-order valence-electron chi connectivity index (χ1n) is 8.82. The maximum absolute atomic E-state index is 5.61. The summed E-state index contributed by atoms with van der Waals surface area (Å²) in [5.41, 5.74) is 0.416. The second kappa shape index (κ2) is 8.47. The monoisotopic (exact) mass is 297 g/mol. The van der Waals surface area contributed by atoms with Gasteiger partial charge in [-0.3, -0.25) is 0 Å². The molecular formula is C17H35N3O. The van der Waals surface area contributed by atoms with Crippen molar-refractivity contribution in [3.63, 3.8) is 0 Å². The van der Waals surface area contributed by atoms with Crippen LogP contribution in [0.25, 0.3) is 0 Å². The van der Waals surface area contributed by atoms with Crippen LogP contribution in [0.3, 0.4) is 0 Å². The predicted octanol–water partition coefficient (Wildman–Crippen LogP) is 1.81. The fraction of sp³-hybridized carbons (Fsp3) is 1.00. The van der Waals surface area contributed by atoms with E-state index < -0.39 is 0 Å². The Morgan fingerprint density at radius 2 is 2.10 bits per heavy atom. The quantitative estimate of drug-likeness (QED) is 0.692. The van der Waals surface area contributed by atoms with Gasteiger partial charge in [-0.15, -0.1) is 0 Å². The van der Waals surface area contributed by atoms with E-state index in [-0.39, 0.29) is 0 Å². The molecule has 124 valence electrons. The van der Waals surface area contributed by atoms with Crippen molar-refractivity contribution >= 4 is 0 Å². The van der Waals surface area contributed by atoms with E-state index in [2.05, 4.69) is 36.1 Å². The molecule has 0 bridgehead atoms. The van der Waals surface area contributed by atoms with Gasteiger partial charge in [0, 0.05) is 38.9 Å². The highest BCUT2D eigenvalue weighted by atomic mass is 16.5. The minimum absolute atomic E-state index is 0.416. The first kappa shape index (κ1) is 17.2. The number of rotatable bonds is 8. The molecule has 1 atom stereocenters. The molecule has 2 fully saturated rings. The molecule has 4 nitrogen and oxygen atoms in total. The molecule has 0 aliphatic carbocycles. The summed E-state index contributed by atoms with van der Waals surface area (Å²) in [4.78, 5) is 5.11. The molecule has 4 heteroatoms. The van der Waals surface area contributed by atoms with Crippen molar-refractivity contribution in [2.45, 2.75) is 45.1 Å². The predicted molar refractivity (Wildman–Crippen MR) is 88.8 cm³/mol. The van der Waals surface area contributed by atoms with Crippen LogP contribution in [0.4, 0.5) is 0 Å². The van der Waals surface area contributed by atoms with E-state index in [1.807, 2.05) is 0 Å². The lowest BCUT2D eigenvalue weighted by Gasteiger charge is -2.41. The molecule has 1 N–H and O–H groups in total. The first-order valence-corrected chi connectivity index (χ1v) is 8.82. The van der Waals surface area contributed by atoms with Crippen LogP contribution < -0.4 is 5.32 Å². The van der Waals surface area contributed by atoms with Gasteiger partial charge >= 0.3 is 0 Å². The van der Waals surface area contributed by atoms with Crippen molar-refractivity contribution in [3.8, 4) is 0 Å². The number of likely N-dealkylation sites (N-methyl/N-ethyl adjacent to an activating group) is 2. The van der Waals surface area contributed by atoms with Gasteiger partial charge in [-0.2, -0.15) is 0 Å². The van der Waals surface area contributed by atoms with Gasteiger partial charge in [0.1, 0.15) is 0 Å². The van der Waals surface area contributed by atoms with E-state index >= 15 is 0 Å². The molecule has 0 spiro atoms. The maximum atomic E-state index is 5.61. The fourth-order valence-corrected chi connectivity index (χ4v) is 3.93. The molecule has 2 rings (SSSR count). The molecule has 0 aromatic heterocycles. The third kappa shape index (κ3) is 5.20. The smallest absolute Gasteiger partial charge is 0.0472 e. The van der Waals surface area contributed by atoms with Crippen LogP contribution in [0.5, 0.6) is 0 Å². The summed E-state index contributed by atoms with van der Waals surface area (Å²) in [7, 11) is 4.59. The first-order chi connectivity index (χ1) is 10.2. The van der Waals surface area contributed by atoms with Gasteiger partial charge in [0.25, 0.3) is 0 Å². The summed E-state index contributed by atoms with van der Waals surface area (Å²) < 4.78 is 5.61. The number of hydrogen-bond acceptors (Lipinski definition) is 4. The Morgan fingerprint density at radius 1 is 1.33 bits per heavy atom. The molecule has 2 saturated heterocycles. The zero-order valence-electron chi connectivity index (χ0n) is 14.4. The number of nitrogens with zero attached hydrogens (tertiary/aromatic N) is 2. The highest BCUT2D eigenvalue weighted by molar-refractivity contribution is 4.88. The van der Waals surface area contributed by atoms with E-state index in [4.69, 9.17) is 4.74 Å². The number of hydrogen-bond donors (Lipinski definition) is 1. The van der Waals surface area contributed by atoms with Crippen molar-refractivity contribution in [3.05, 3.63) is 0 Å². The second-order valence-corrected chi connectivity index (χ2v) is 7.26. The molecule has 1 unspecified atom stereocenters. The van der Waals surface area contributed by atoms with Crippen LogP contribution in [0.15, 0.2) is 0 Å². The van der Waals surface area contributed by atoms with Crippen LogP contribution >= 0.6 is 0 Å².